The molecule has 0 heterocycles. The summed E-state index contributed by atoms with van der Waals surface area (Å²) in [6, 6.07) is 0.264. The lowest BCUT2D eigenvalue weighted by atomic mass is 9.93. The van der Waals surface area contributed by atoms with Crippen molar-refractivity contribution < 1.29 is 9.90 Å². The van der Waals surface area contributed by atoms with Crippen molar-refractivity contribution in [3.63, 3.8) is 0 Å². The molecule has 0 aliphatic heterocycles. The average molecular weight is 242 g/mol. The Morgan fingerprint density at radius 2 is 1.82 bits per heavy atom. The molecule has 0 saturated heterocycles. The van der Waals surface area contributed by atoms with Crippen LogP contribution in [0.3, 0.4) is 0 Å². The van der Waals surface area contributed by atoms with Crippen LogP contribution in [-0.2, 0) is 4.79 Å². The third kappa shape index (κ3) is 6.64. The van der Waals surface area contributed by atoms with Crippen LogP contribution in [0.5, 0.6) is 0 Å². The SMILES string of the molecule is CC(C)(C)NCCC(=O)NC1CCC(O)CC1. The molecule has 0 radical (unpaired) electrons. The van der Waals surface area contributed by atoms with Crippen molar-refractivity contribution >= 4 is 5.91 Å². The molecule has 1 aliphatic rings. The lowest BCUT2D eigenvalue weighted by molar-refractivity contribution is -0.122. The summed E-state index contributed by atoms with van der Waals surface area (Å²) in [5.41, 5.74) is 0.0647. The highest BCUT2D eigenvalue weighted by molar-refractivity contribution is 5.76. The fourth-order valence-electron chi connectivity index (χ4n) is 2.07. The molecule has 4 nitrogen and oxygen atoms in total. The number of carbonyl (C=O) groups is 1. The smallest absolute Gasteiger partial charge is 0.221 e. The minimum atomic E-state index is -0.161. The van der Waals surface area contributed by atoms with Crippen molar-refractivity contribution in [1.82, 2.24) is 10.6 Å². The number of nitrogens with one attached hydrogen (secondary N) is 2. The molecule has 17 heavy (non-hydrogen) atoms. The molecule has 0 aromatic carbocycles. The minimum Gasteiger partial charge on any atom is -0.393 e. The summed E-state index contributed by atoms with van der Waals surface area (Å²) >= 11 is 0. The van der Waals surface area contributed by atoms with Gasteiger partial charge >= 0.3 is 0 Å². The molecule has 100 valence electrons. The Labute approximate surface area is 104 Å². The molecule has 0 aromatic rings. The molecule has 1 amide bonds. The van der Waals surface area contributed by atoms with Gasteiger partial charge in [-0.15, -0.1) is 0 Å². The first-order valence-corrected chi connectivity index (χ1v) is 6.59. The largest absolute Gasteiger partial charge is 0.393 e. The predicted octanol–water partition coefficient (Wildman–Crippen LogP) is 1.18. The Balaban J connectivity index is 2.13. The van der Waals surface area contributed by atoms with Gasteiger partial charge in [-0.3, -0.25) is 4.79 Å². The predicted molar refractivity (Wildman–Crippen MR) is 68.8 cm³/mol. The van der Waals surface area contributed by atoms with Crippen LogP contribution in [0.4, 0.5) is 0 Å². The van der Waals surface area contributed by atoms with Crippen LogP contribution >= 0.6 is 0 Å². The molecule has 4 heteroatoms. The Hall–Kier alpha value is -0.610. The number of hydrogen-bond acceptors (Lipinski definition) is 3. The second-order valence-electron chi connectivity index (χ2n) is 6.00. The summed E-state index contributed by atoms with van der Waals surface area (Å²) in [6.07, 6.45) is 3.79. The van der Waals surface area contributed by atoms with Gasteiger partial charge in [0.15, 0.2) is 0 Å². The summed E-state index contributed by atoms with van der Waals surface area (Å²) < 4.78 is 0. The summed E-state index contributed by atoms with van der Waals surface area (Å²) in [7, 11) is 0. The number of aliphatic hydroxyl groups excluding tert-OH is 1. The van der Waals surface area contributed by atoms with Gasteiger partial charge in [0.25, 0.3) is 0 Å². The molecule has 0 bridgehead atoms. The van der Waals surface area contributed by atoms with Crippen molar-refractivity contribution in [2.45, 2.75) is 70.6 Å². The van der Waals surface area contributed by atoms with Crippen LogP contribution in [0, 0.1) is 0 Å². The summed E-state index contributed by atoms with van der Waals surface area (Å²) in [5, 5.41) is 15.7. The maximum absolute atomic E-state index is 11.7. The van der Waals surface area contributed by atoms with Crippen molar-refractivity contribution in [3.8, 4) is 0 Å². The molecule has 1 saturated carbocycles. The van der Waals surface area contributed by atoms with E-state index in [1.54, 1.807) is 0 Å². The number of carbonyl (C=O) groups excluding carboxylic acids is 1. The highest BCUT2D eigenvalue weighted by atomic mass is 16.3. The third-order valence-electron chi connectivity index (χ3n) is 3.07. The van der Waals surface area contributed by atoms with Crippen molar-refractivity contribution in [1.29, 1.82) is 0 Å². The Bertz CT molecular complexity index is 240. The van der Waals surface area contributed by atoms with E-state index in [9.17, 15) is 9.90 Å². The van der Waals surface area contributed by atoms with Gasteiger partial charge in [0.2, 0.25) is 5.91 Å². The quantitative estimate of drug-likeness (QED) is 0.694. The monoisotopic (exact) mass is 242 g/mol. The van der Waals surface area contributed by atoms with Gasteiger partial charge in [-0.1, -0.05) is 0 Å². The standard InChI is InChI=1S/C13H26N2O2/c1-13(2,3)14-9-8-12(17)15-10-4-6-11(16)7-5-10/h10-11,14,16H,4-9H2,1-3H3,(H,15,17). The van der Waals surface area contributed by atoms with E-state index in [4.69, 9.17) is 0 Å². The normalized spacial score (nSPS) is 25.6. The van der Waals surface area contributed by atoms with Crippen LogP contribution < -0.4 is 10.6 Å². The van der Waals surface area contributed by atoms with E-state index in [1.165, 1.54) is 0 Å². The first-order valence-electron chi connectivity index (χ1n) is 6.59. The van der Waals surface area contributed by atoms with Gasteiger partial charge in [-0.25, -0.2) is 0 Å². The van der Waals surface area contributed by atoms with E-state index >= 15 is 0 Å². The summed E-state index contributed by atoms with van der Waals surface area (Å²) in [5.74, 6) is 0.114. The second kappa shape index (κ2) is 6.36. The van der Waals surface area contributed by atoms with Crippen LogP contribution in [-0.4, -0.2) is 35.2 Å². The van der Waals surface area contributed by atoms with Crippen LogP contribution in [0.25, 0.3) is 0 Å². The molecule has 0 atom stereocenters. The second-order valence-corrected chi connectivity index (χ2v) is 6.00. The zero-order valence-corrected chi connectivity index (χ0v) is 11.3. The highest BCUT2D eigenvalue weighted by Gasteiger charge is 2.20. The molecular weight excluding hydrogens is 216 g/mol. The number of aliphatic hydroxyl groups is 1. The molecule has 1 rings (SSSR count). The number of amides is 1. The van der Waals surface area contributed by atoms with E-state index in [0.717, 1.165) is 25.7 Å². The molecule has 0 aromatic heterocycles. The van der Waals surface area contributed by atoms with Crippen molar-refractivity contribution in [3.05, 3.63) is 0 Å². The number of hydrogen-bond donors (Lipinski definition) is 3. The lowest BCUT2D eigenvalue weighted by Crippen LogP contribution is -2.42. The maximum atomic E-state index is 11.7. The van der Waals surface area contributed by atoms with E-state index in [0.29, 0.717) is 13.0 Å². The molecule has 0 spiro atoms. The van der Waals surface area contributed by atoms with E-state index in [-0.39, 0.29) is 23.6 Å². The van der Waals surface area contributed by atoms with Gasteiger partial charge in [0.05, 0.1) is 6.10 Å². The van der Waals surface area contributed by atoms with E-state index in [2.05, 4.69) is 31.4 Å². The van der Waals surface area contributed by atoms with Gasteiger partial charge in [-0.2, -0.15) is 0 Å². The fraction of sp³-hybridized carbons (Fsp3) is 0.923. The molecule has 3 N–H and O–H groups in total. The van der Waals surface area contributed by atoms with Gasteiger partial charge in [-0.05, 0) is 46.5 Å². The topological polar surface area (TPSA) is 61.4 Å². The van der Waals surface area contributed by atoms with Crippen molar-refractivity contribution in [2.24, 2.45) is 0 Å². The Morgan fingerprint density at radius 1 is 1.24 bits per heavy atom. The molecule has 0 unspecified atom stereocenters. The van der Waals surface area contributed by atoms with Crippen LogP contribution in [0.15, 0.2) is 0 Å². The lowest BCUT2D eigenvalue weighted by Gasteiger charge is -2.26. The minimum absolute atomic E-state index is 0.0647. The summed E-state index contributed by atoms with van der Waals surface area (Å²) in [4.78, 5) is 11.7. The van der Waals surface area contributed by atoms with Crippen LogP contribution in [0.2, 0.25) is 0 Å². The third-order valence-corrected chi connectivity index (χ3v) is 3.07. The molecule has 1 aliphatic carbocycles. The summed E-state index contributed by atoms with van der Waals surface area (Å²) in [6.45, 7) is 6.99. The maximum Gasteiger partial charge on any atom is 0.221 e. The molecular formula is C13H26N2O2. The number of rotatable bonds is 4. The Morgan fingerprint density at radius 3 is 2.35 bits per heavy atom. The Kier molecular flexibility index (Phi) is 5.40. The highest BCUT2D eigenvalue weighted by Crippen LogP contribution is 2.18. The van der Waals surface area contributed by atoms with Crippen molar-refractivity contribution in [2.75, 3.05) is 6.54 Å². The first kappa shape index (κ1) is 14.5. The van der Waals surface area contributed by atoms with Gasteiger partial charge < -0.3 is 15.7 Å². The fourth-order valence-corrected chi connectivity index (χ4v) is 2.07. The van der Waals surface area contributed by atoms with Crippen LogP contribution in [0.1, 0.15) is 52.9 Å². The zero-order chi connectivity index (χ0) is 12.9. The van der Waals surface area contributed by atoms with Gasteiger partial charge in [0.1, 0.15) is 0 Å². The van der Waals surface area contributed by atoms with E-state index in [1.807, 2.05) is 0 Å². The van der Waals surface area contributed by atoms with E-state index < -0.39 is 0 Å². The molecule has 1 fully saturated rings. The average Bonchev–Trinajstić information content (AvgIpc) is 2.19. The van der Waals surface area contributed by atoms with Gasteiger partial charge in [0, 0.05) is 24.5 Å². The first-order chi connectivity index (χ1) is 7.87. The zero-order valence-electron chi connectivity index (χ0n) is 11.3.